The lowest BCUT2D eigenvalue weighted by atomic mass is 10.1. The van der Waals surface area contributed by atoms with Crippen molar-refractivity contribution in [3.8, 4) is 0 Å². The minimum absolute atomic E-state index is 0.00629. The van der Waals surface area contributed by atoms with Crippen LogP contribution in [0.25, 0.3) is 0 Å². The molecule has 24 heavy (non-hydrogen) atoms. The molecule has 1 N–H and O–H groups in total. The molecule has 8 heteroatoms. The summed E-state index contributed by atoms with van der Waals surface area (Å²) in [5.74, 6) is -1.74. The van der Waals surface area contributed by atoms with Crippen LogP contribution in [-0.4, -0.2) is 45.9 Å². The second-order valence-electron chi connectivity index (χ2n) is 5.12. The Morgan fingerprint density at radius 1 is 1.17 bits per heavy atom. The summed E-state index contributed by atoms with van der Waals surface area (Å²) in [6.45, 7) is 4.73. The fraction of sp³-hybridized carbons (Fsp3) is 0.312. The third-order valence-corrected chi connectivity index (χ3v) is 3.50. The third-order valence-electron chi connectivity index (χ3n) is 3.50. The number of methoxy groups -OCH3 is 1. The number of Topliss-reactive ketones (excluding diaryl/α,β-unsaturated/α-hetero) is 1. The number of ketones is 1. The maximum Gasteiger partial charge on any atom is 0.359 e. The van der Waals surface area contributed by atoms with Gasteiger partial charge in [0.05, 0.1) is 24.6 Å². The molecule has 0 saturated heterocycles. The van der Waals surface area contributed by atoms with Crippen LogP contribution >= 0.6 is 0 Å². The SMILES string of the molecule is COC(=O)c1c(C)[nH]c(C(=O)[C@H](C)OC(=O)c2cnccn2)c1C. The van der Waals surface area contributed by atoms with E-state index in [1.807, 2.05) is 0 Å². The number of aryl methyl sites for hydroxylation is 1. The van der Waals surface area contributed by atoms with Gasteiger partial charge in [0, 0.05) is 18.1 Å². The average Bonchev–Trinajstić information content (AvgIpc) is 2.88. The van der Waals surface area contributed by atoms with E-state index in [9.17, 15) is 14.4 Å². The van der Waals surface area contributed by atoms with Crippen LogP contribution in [0.4, 0.5) is 0 Å². The Labute approximate surface area is 138 Å². The summed E-state index contributed by atoms with van der Waals surface area (Å²) in [4.78, 5) is 46.7. The summed E-state index contributed by atoms with van der Waals surface area (Å²) >= 11 is 0. The Hall–Kier alpha value is -3.03. The Morgan fingerprint density at radius 2 is 1.88 bits per heavy atom. The number of carbonyl (C=O) groups is 3. The molecular weight excluding hydrogens is 314 g/mol. The molecule has 0 aliphatic carbocycles. The summed E-state index contributed by atoms with van der Waals surface area (Å²) in [7, 11) is 1.26. The van der Waals surface area contributed by atoms with Gasteiger partial charge in [-0.1, -0.05) is 0 Å². The fourth-order valence-corrected chi connectivity index (χ4v) is 2.29. The third kappa shape index (κ3) is 3.32. The number of aromatic nitrogens is 3. The average molecular weight is 331 g/mol. The Kier molecular flexibility index (Phi) is 5.08. The molecule has 0 unspecified atom stereocenters. The number of nitrogens with zero attached hydrogens (tertiary/aromatic N) is 2. The van der Waals surface area contributed by atoms with E-state index in [4.69, 9.17) is 9.47 Å². The first-order chi connectivity index (χ1) is 11.4. The van der Waals surface area contributed by atoms with Gasteiger partial charge >= 0.3 is 11.9 Å². The molecule has 0 spiro atoms. The number of H-pyrrole nitrogens is 1. The highest BCUT2D eigenvalue weighted by molar-refractivity contribution is 6.04. The van der Waals surface area contributed by atoms with Gasteiger partial charge in [-0.2, -0.15) is 0 Å². The lowest BCUT2D eigenvalue weighted by molar-refractivity contribution is 0.0310. The highest BCUT2D eigenvalue weighted by Gasteiger charge is 2.27. The molecule has 8 nitrogen and oxygen atoms in total. The van der Waals surface area contributed by atoms with Crippen molar-refractivity contribution in [2.45, 2.75) is 26.9 Å². The van der Waals surface area contributed by atoms with Gasteiger partial charge in [0.25, 0.3) is 0 Å². The molecule has 0 aliphatic heterocycles. The van der Waals surface area contributed by atoms with Crippen molar-refractivity contribution in [3.05, 3.63) is 46.8 Å². The molecular formula is C16H17N3O5. The first-order valence-corrected chi connectivity index (χ1v) is 7.15. The highest BCUT2D eigenvalue weighted by atomic mass is 16.5. The maximum atomic E-state index is 12.5. The Balaban J connectivity index is 2.20. The monoisotopic (exact) mass is 331 g/mol. The minimum Gasteiger partial charge on any atom is -0.465 e. The molecule has 0 fully saturated rings. The van der Waals surface area contributed by atoms with Crippen LogP contribution in [0.2, 0.25) is 0 Å². The zero-order valence-electron chi connectivity index (χ0n) is 13.7. The predicted octanol–water partition coefficient (Wildman–Crippen LogP) is 1.64. The molecule has 0 aromatic carbocycles. The van der Waals surface area contributed by atoms with Crippen LogP contribution in [0, 0.1) is 13.8 Å². The molecule has 2 heterocycles. The molecule has 126 valence electrons. The molecule has 0 bridgehead atoms. The number of rotatable bonds is 5. The maximum absolute atomic E-state index is 12.5. The van der Waals surface area contributed by atoms with Gasteiger partial charge < -0.3 is 14.5 Å². The van der Waals surface area contributed by atoms with Crippen molar-refractivity contribution in [1.29, 1.82) is 0 Å². The molecule has 0 saturated carbocycles. The summed E-state index contributed by atoms with van der Waals surface area (Å²) in [5, 5.41) is 0. The largest absolute Gasteiger partial charge is 0.465 e. The van der Waals surface area contributed by atoms with Crippen molar-refractivity contribution in [3.63, 3.8) is 0 Å². The number of nitrogens with one attached hydrogen (secondary N) is 1. The number of esters is 2. The quantitative estimate of drug-likeness (QED) is 0.654. The normalized spacial score (nSPS) is 11.7. The smallest absolute Gasteiger partial charge is 0.359 e. The van der Waals surface area contributed by atoms with E-state index in [2.05, 4.69) is 15.0 Å². The van der Waals surface area contributed by atoms with E-state index in [-0.39, 0.29) is 11.4 Å². The summed E-state index contributed by atoms with van der Waals surface area (Å²) in [6, 6.07) is 0. The lowest BCUT2D eigenvalue weighted by Gasteiger charge is -2.11. The van der Waals surface area contributed by atoms with Gasteiger partial charge in [-0.05, 0) is 26.3 Å². The van der Waals surface area contributed by atoms with Gasteiger partial charge in [0.1, 0.15) is 0 Å². The van der Waals surface area contributed by atoms with Crippen molar-refractivity contribution < 1.29 is 23.9 Å². The first-order valence-electron chi connectivity index (χ1n) is 7.15. The van der Waals surface area contributed by atoms with E-state index in [1.54, 1.807) is 13.8 Å². The van der Waals surface area contributed by atoms with Crippen LogP contribution < -0.4 is 0 Å². The second-order valence-corrected chi connectivity index (χ2v) is 5.12. The second kappa shape index (κ2) is 7.03. The lowest BCUT2D eigenvalue weighted by Crippen LogP contribution is -2.25. The fourth-order valence-electron chi connectivity index (χ4n) is 2.29. The van der Waals surface area contributed by atoms with Crippen LogP contribution in [0.1, 0.15) is 49.5 Å². The van der Waals surface area contributed by atoms with Gasteiger partial charge in [-0.15, -0.1) is 0 Å². The number of carbonyl (C=O) groups excluding carboxylic acids is 3. The van der Waals surface area contributed by atoms with Gasteiger partial charge in [-0.3, -0.25) is 9.78 Å². The van der Waals surface area contributed by atoms with Crippen molar-refractivity contribution >= 4 is 17.7 Å². The number of ether oxygens (including phenoxy) is 2. The summed E-state index contributed by atoms with van der Waals surface area (Å²) in [5.41, 5.74) is 1.47. The van der Waals surface area contributed by atoms with Crippen molar-refractivity contribution in [2.24, 2.45) is 0 Å². The standard InChI is InChI=1S/C16H17N3O5/c1-8-12(16(22)23-4)9(2)19-13(8)14(20)10(3)24-15(21)11-7-17-5-6-18-11/h5-7,10,19H,1-4H3/t10-/m0/s1. The summed E-state index contributed by atoms with van der Waals surface area (Å²) in [6.07, 6.45) is 2.97. The first kappa shape index (κ1) is 17.3. The van der Waals surface area contributed by atoms with E-state index in [0.29, 0.717) is 16.8 Å². The van der Waals surface area contributed by atoms with Gasteiger partial charge in [0.2, 0.25) is 5.78 Å². The number of hydrogen-bond acceptors (Lipinski definition) is 7. The van der Waals surface area contributed by atoms with Crippen LogP contribution in [0.15, 0.2) is 18.6 Å². The highest BCUT2D eigenvalue weighted by Crippen LogP contribution is 2.21. The number of aromatic amines is 1. The van der Waals surface area contributed by atoms with Crippen molar-refractivity contribution in [2.75, 3.05) is 7.11 Å². The van der Waals surface area contributed by atoms with Gasteiger partial charge in [0.15, 0.2) is 11.8 Å². The molecule has 2 aromatic heterocycles. The zero-order valence-corrected chi connectivity index (χ0v) is 13.7. The Morgan fingerprint density at radius 3 is 2.46 bits per heavy atom. The van der Waals surface area contributed by atoms with E-state index in [0.717, 1.165) is 0 Å². The molecule has 0 amide bonds. The zero-order chi connectivity index (χ0) is 17.9. The molecule has 2 rings (SSSR count). The van der Waals surface area contributed by atoms with Crippen LogP contribution in [0.3, 0.4) is 0 Å². The minimum atomic E-state index is -1.05. The van der Waals surface area contributed by atoms with E-state index >= 15 is 0 Å². The van der Waals surface area contributed by atoms with E-state index < -0.39 is 23.8 Å². The molecule has 1 atom stereocenters. The topological polar surface area (TPSA) is 111 Å². The summed E-state index contributed by atoms with van der Waals surface area (Å²) < 4.78 is 9.82. The predicted molar refractivity (Wildman–Crippen MR) is 82.8 cm³/mol. The Bertz CT molecular complexity index is 783. The van der Waals surface area contributed by atoms with Crippen LogP contribution in [0.5, 0.6) is 0 Å². The van der Waals surface area contributed by atoms with Gasteiger partial charge in [-0.25, -0.2) is 14.6 Å². The van der Waals surface area contributed by atoms with Crippen molar-refractivity contribution in [1.82, 2.24) is 15.0 Å². The molecule has 2 aromatic rings. The van der Waals surface area contributed by atoms with Crippen LogP contribution in [-0.2, 0) is 9.47 Å². The molecule has 0 radical (unpaired) electrons. The number of hydrogen-bond donors (Lipinski definition) is 1. The molecule has 0 aliphatic rings. The van der Waals surface area contributed by atoms with E-state index in [1.165, 1.54) is 32.6 Å².